The molecule has 0 radical (unpaired) electrons. The second kappa shape index (κ2) is 5.48. The van der Waals surface area contributed by atoms with E-state index in [9.17, 15) is 0 Å². The molecular weight excluding hydrogens is 252 g/mol. The lowest BCUT2D eigenvalue weighted by molar-refractivity contribution is 0.746. The molecule has 0 spiro atoms. The second-order valence-corrected chi connectivity index (χ2v) is 5.24. The van der Waals surface area contributed by atoms with E-state index in [-0.39, 0.29) is 5.92 Å². The first-order valence-electron chi connectivity index (χ1n) is 6.85. The minimum atomic E-state index is 0.234. The SMILES string of the molecule is CCc1nn(C)cc1Nc1nc(C(C)C)nc(N)c1C. The van der Waals surface area contributed by atoms with E-state index in [0.717, 1.165) is 35.0 Å². The van der Waals surface area contributed by atoms with Gasteiger partial charge in [-0.3, -0.25) is 4.68 Å². The number of nitrogens with zero attached hydrogens (tertiary/aromatic N) is 4. The first-order chi connectivity index (χ1) is 9.42. The highest BCUT2D eigenvalue weighted by atomic mass is 15.3. The van der Waals surface area contributed by atoms with Gasteiger partial charge in [0.25, 0.3) is 0 Å². The lowest BCUT2D eigenvalue weighted by Gasteiger charge is -2.13. The molecule has 6 heteroatoms. The van der Waals surface area contributed by atoms with Gasteiger partial charge in [0.15, 0.2) is 0 Å². The monoisotopic (exact) mass is 274 g/mol. The summed E-state index contributed by atoms with van der Waals surface area (Å²) in [5, 5.41) is 7.75. The molecular formula is C14H22N6. The number of hydrogen-bond acceptors (Lipinski definition) is 5. The number of rotatable bonds is 4. The van der Waals surface area contributed by atoms with Crippen LogP contribution < -0.4 is 11.1 Å². The fourth-order valence-electron chi connectivity index (χ4n) is 1.96. The van der Waals surface area contributed by atoms with E-state index in [0.29, 0.717) is 5.82 Å². The van der Waals surface area contributed by atoms with E-state index in [2.05, 4.69) is 41.2 Å². The third kappa shape index (κ3) is 2.74. The van der Waals surface area contributed by atoms with Crippen molar-refractivity contribution >= 4 is 17.3 Å². The summed E-state index contributed by atoms with van der Waals surface area (Å²) in [5.41, 5.74) is 8.81. The van der Waals surface area contributed by atoms with Crippen LogP contribution in [0.1, 0.15) is 43.8 Å². The number of anilines is 3. The zero-order valence-corrected chi connectivity index (χ0v) is 12.7. The lowest BCUT2D eigenvalue weighted by Crippen LogP contribution is -2.08. The Kier molecular flexibility index (Phi) is 3.92. The molecule has 0 aliphatic heterocycles. The van der Waals surface area contributed by atoms with Crippen LogP contribution in [0.2, 0.25) is 0 Å². The second-order valence-electron chi connectivity index (χ2n) is 5.24. The summed E-state index contributed by atoms with van der Waals surface area (Å²) in [6, 6.07) is 0. The number of nitrogen functional groups attached to an aromatic ring is 1. The van der Waals surface area contributed by atoms with Gasteiger partial charge in [-0.15, -0.1) is 0 Å². The van der Waals surface area contributed by atoms with Crippen LogP contribution in [0.25, 0.3) is 0 Å². The fraction of sp³-hybridized carbons (Fsp3) is 0.500. The van der Waals surface area contributed by atoms with Crippen LogP contribution in [0, 0.1) is 6.92 Å². The Labute approximate surface area is 119 Å². The van der Waals surface area contributed by atoms with Crippen LogP contribution in [-0.4, -0.2) is 19.7 Å². The number of nitrogens with two attached hydrogens (primary N) is 1. The van der Waals surface area contributed by atoms with Crippen molar-refractivity contribution in [3.63, 3.8) is 0 Å². The van der Waals surface area contributed by atoms with Gasteiger partial charge in [-0.25, -0.2) is 9.97 Å². The summed E-state index contributed by atoms with van der Waals surface area (Å²) in [5.74, 6) is 2.26. The van der Waals surface area contributed by atoms with E-state index in [4.69, 9.17) is 5.73 Å². The van der Waals surface area contributed by atoms with Crippen molar-refractivity contribution in [2.75, 3.05) is 11.1 Å². The summed E-state index contributed by atoms with van der Waals surface area (Å²) in [4.78, 5) is 8.90. The van der Waals surface area contributed by atoms with Crippen molar-refractivity contribution < 1.29 is 0 Å². The summed E-state index contributed by atoms with van der Waals surface area (Å²) in [6.45, 7) is 8.10. The zero-order chi connectivity index (χ0) is 14.9. The Morgan fingerprint density at radius 1 is 1.35 bits per heavy atom. The molecule has 0 aromatic carbocycles. The van der Waals surface area contributed by atoms with Crippen molar-refractivity contribution in [1.29, 1.82) is 0 Å². The molecule has 0 aliphatic rings. The predicted molar refractivity (Wildman–Crippen MR) is 81.1 cm³/mol. The number of hydrogen-bond donors (Lipinski definition) is 2. The molecule has 0 amide bonds. The molecule has 0 aliphatic carbocycles. The third-order valence-electron chi connectivity index (χ3n) is 3.21. The third-order valence-corrected chi connectivity index (χ3v) is 3.21. The molecule has 2 aromatic rings. The Morgan fingerprint density at radius 3 is 2.65 bits per heavy atom. The summed E-state index contributed by atoms with van der Waals surface area (Å²) in [7, 11) is 1.91. The average Bonchev–Trinajstić information content (AvgIpc) is 2.74. The van der Waals surface area contributed by atoms with Crippen LogP contribution in [0.3, 0.4) is 0 Å². The minimum Gasteiger partial charge on any atom is -0.383 e. The van der Waals surface area contributed by atoms with Crippen LogP contribution in [0.4, 0.5) is 17.3 Å². The van der Waals surface area contributed by atoms with Gasteiger partial charge in [0.2, 0.25) is 0 Å². The van der Waals surface area contributed by atoms with Crippen LogP contribution >= 0.6 is 0 Å². The van der Waals surface area contributed by atoms with E-state index in [1.807, 2.05) is 20.2 Å². The highest BCUT2D eigenvalue weighted by Gasteiger charge is 2.13. The van der Waals surface area contributed by atoms with Crippen molar-refractivity contribution in [2.45, 2.75) is 40.0 Å². The zero-order valence-electron chi connectivity index (χ0n) is 12.7. The average molecular weight is 274 g/mol. The molecule has 0 unspecified atom stereocenters. The Balaban J connectivity index is 2.42. The van der Waals surface area contributed by atoms with Gasteiger partial charge < -0.3 is 11.1 Å². The van der Waals surface area contributed by atoms with Gasteiger partial charge in [-0.2, -0.15) is 5.10 Å². The van der Waals surface area contributed by atoms with Crippen molar-refractivity contribution in [2.24, 2.45) is 7.05 Å². The van der Waals surface area contributed by atoms with E-state index < -0.39 is 0 Å². The van der Waals surface area contributed by atoms with Gasteiger partial charge in [-0.1, -0.05) is 20.8 Å². The minimum absolute atomic E-state index is 0.234. The summed E-state index contributed by atoms with van der Waals surface area (Å²) < 4.78 is 1.80. The van der Waals surface area contributed by atoms with Crippen LogP contribution in [0.15, 0.2) is 6.20 Å². The largest absolute Gasteiger partial charge is 0.383 e. The molecule has 0 bridgehead atoms. The molecule has 0 saturated heterocycles. The molecule has 0 fully saturated rings. The van der Waals surface area contributed by atoms with Crippen LogP contribution in [-0.2, 0) is 13.5 Å². The first-order valence-corrected chi connectivity index (χ1v) is 6.85. The van der Waals surface area contributed by atoms with Crippen molar-refractivity contribution in [3.8, 4) is 0 Å². The van der Waals surface area contributed by atoms with Gasteiger partial charge in [0, 0.05) is 24.7 Å². The van der Waals surface area contributed by atoms with Crippen molar-refractivity contribution in [3.05, 3.63) is 23.3 Å². The van der Waals surface area contributed by atoms with Gasteiger partial charge >= 0.3 is 0 Å². The predicted octanol–water partition coefficient (Wildman–Crippen LogP) is 2.53. The fourth-order valence-corrected chi connectivity index (χ4v) is 1.96. The molecule has 2 aromatic heterocycles. The maximum atomic E-state index is 5.98. The van der Waals surface area contributed by atoms with Crippen LogP contribution in [0.5, 0.6) is 0 Å². The van der Waals surface area contributed by atoms with E-state index in [1.54, 1.807) is 4.68 Å². The number of nitrogens with one attached hydrogen (secondary N) is 1. The Hall–Kier alpha value is -2.11. The van der Waals surface area contributed by atoms with Gasteiger partial charge in [-0.05, 0) is 13.3 Å². The smallest absolute Gasteiger partial charge is 0.139 e. The summed E-state index contributed by atoms with van der Waals surface area (Å²) >= 11 is 0. The number of aromatic nitrogens is 4. The molecule has 20 heavy (non-hydrogen) atoms. The lowest BCUT2D eigenvalue weighted by atomic mass is 10.2. The van der Waals surface area contributed by atoms with E-state index >= 15 is 0 Å². The molecule has 6 nitrogen and oxygen atoms in total. The molecule has 108 valence electrons. The molecule has 0 atom stereocenters. The van der Waals surface area contributed by atoms with Crippen molar-refractivity contribution in [1.82, 2.24) is 19.7 Å². The maximum absolute atomic E-state index is 5.98. The highest BCUT2D eigenvalue weighted by Crippen LogP contribution is 2.25. The van der Waals surface area contributed by atoms with Gasteiger partial charge in [0.1, 0.15) is 17.5 Å². The first kappa shape index (κ1) is 14.3. The highest BCUT2D eigenvalue weighted by molar-refractivity contribution is 5.64. The van der Waals surface area contributed by atoms with Gasteiger partial charge in [0.05, 0.1) is 11.4 Å². The quantitative estimate of drug-likeness (QED) is 0.895. The molecule has 2 heterocycles. The van der Waals surface area contributed by atoms with E-state index in [1.165, 1.54) is 0 Å². The molecule has 2 rings (SSSR count). The Bertz CT molecular complexity index is 614. The Morgan fingerprint density at radius 2 is 2.05 bits per heavy atom. The maximum Gasteiger partial charge on any atom is 0.139 e. The standard InChI is InChI=1S/C14H22N6/c1-6-10-11(7-20(5)19-10)16-14-9(4)12(15)17-13(18-14)8(2)3/h7-8H,6H2,1-5H3,(H3,15,16,17,18). The molecule has 0 saturated carbocycles. The number of aryl methyl sites for hydroxylation is 2. The topological polar surface area (TPSA) is 81.7 Å². The normalized spacial score (nSPS) is 11.1. The summed E-state index contributed by atoms with van der Waals surface area (Å²) in [6.07, 6.45) is 2.81. The molecule has 3 N–H and O–H groups in total.